The summed E-state index contributed by atoms with van der Waals surface area (Å²) in [5, 5.41) is 7.10. The Hall–Kier alpha value is -1.89. The first-order chi connectivity index (χ1) is 10.5. The average Bonchev–Trinajstić information content (AvgIpc) is 3.18. The molecule has 2 atom stereocenters. The molecule has 1 aliphatic rings. The number of hydrogen-bond acceptors (Lipinski definition) is 4. The third-order valence-electron chi connectivity index (χ3n) is 3.63. The Morgan fingerprint density at radius 2 is 1.82 bits per heavy atom. The van der Waals surface area contributed by atoms with Crippen molar-refractivity contribution in [2.45, 2.75) is 38.8 Å². The predicted molar refractivity (Wildman–Crippen MR) is 84.7 cm³/mol. The molecular weight excluding hydrogens is 302 g/mol. The average molecular weight is 323 g/mol. The number of carbonyl (C=O) groups is 3. The third-order valence-corrected chi connectivity index (χ3v) is 4.50. The van der Waals surface area contributed by atoms with Crippen molar-refractivity contribution >= 4 is 29.1 Å². The Kier molecular flexibility index (Phi) is 5.54. The highest BCUT2D eigenvalue weighted by atomic mass is 32.1. The van der Waals surface area contributed by atoms with Crippen molar-refractivity contribution in [1.29, 1.82) is 0 Å². The van der Waals surface area contributed by atoms with Crippen molar-refractivity contribution in [1.82, 2.24) is 15.5 Å². The maximum Gasteiger partial charge on any atom is 0.261 e. The summed E-state index contributed by atoms with van der Waals surface area (Å²) in [6.45, 7) is 4.79. The van der Waals surface area contributed by atoms with Crippen molar-refractivity contribution in [2.75, 3.05) is 13.1 Å². The number of hydrogen-bond donors (Lipinski definition) is 2. The van der Waals surface area contributed by atoms with Gasteiger partial charge in [-0.25, -0.2) is 0 Å². The summed E-state index contributed by atoms with van der Waals surface area (Å²) >= 11 is 1.32. The molecule has 22 heavy (non-hydrogen) atoms. The molecule has 3 amide bonds. The normalized spacial score (nSPS) is 16.9. The van der Waals surface area contributed by atoms with Gasteiger partial charge in [0.1, 0.15) is 12.1 Å². The summed E-state index contributed by atoms with van der Waals surface area (Å²) in [5.74, 6) is -0.705. The highest BCUT2D eigenvalue weighted by Crippen LogP contribution is 2.10. The van der Waals surface area contributed by atoms with Gasteiger partial charge in [-0.05, 0) is 38.1 Å². The zero-order chi connectivity index (χ0) is 16.1. The summed E-state index contributed by atoms with van der Waals surface area (Å²) in [6, 6.07) is 2.21. The van der Waals surface area contributed by atoms with E-state index < -0.39 is 12.1 Å². The number of amides is 3. The lowest BCUT2D eigenvalue weighted by Crippen LogP contribution is -2.52. The fraction of sp³-hybridized carbons (Fsp3) is 0.533. The number of carbonyl (C=O) groups excluding carboxylic acids is 3. The van der Waals surface area contributed by atoms with E-state index in [0.717, 1.165) is 25.9 Å². The molecule has 2 rings (SSSR count). The number of nitrogens with zero attached hydrogens (tertiary/aromatic N) is 1. The maximum atomic E-state index is 12.1. The van der Waals surface area contributed by atoms with E-state index in [1.165, 1.54) is 11.3 Å². The van der Waals surface area contributed by atoms with Crippen molar-refractivity contribution in [3.05, 3.63) is 22.4 Å². The minimum Gasteiger partial charge on any atom is -0.343 e. The molecule has 0 bridgehead atoms. The molecule has 1 fully saturated rings. The van der Waals surface area contributed by atoms with Crippen LogP contribution in [0, 0.1) is 0 Å². The molecule has 7 heteroatoms. The lowest BCUT2D eigenvalue weighted by atomic mass is 10.2. The molecule has 2 heterocycles. The molecule has 1 aromatic rings. The van der Waals surface area contributed by atoms with E-state index in [9.17, 15) is 14.4 Å². The fourth-order valence-corrected chi connectivity index (χ4v) is 2.98. The van der Waals surface area contributed by atoms with Crippen LogP contribution in [0.1, 0.15) is 36.4 Å². The lowest BCUT2D eigenvalue weighted by Gasteiger charge is -2.22. The fourth-order valence-electron chi connectivity index (χ4n) is 2.35. The van der Waals surface area contributed by atoms with Crippen LogP contribution in [0.4, 0.5) is 0 Å². The first-order valence-corrected chi connectivity index (χ1v) is 8.30. The summed E-state index contributed by atoms with van der Waals surface area (Å²) in [6.07, 6.45) is 2.03. The van der Waals surface area contributed by atoms with Crippen LogP contribution in [0.2, 0.25) is 0 Å². The topological polar surface area (TPSA) is 78.5 Å². The Bertz CT molecular complexity index is 538. The van der Waals surface area contributed by atoms with Crippen LogP contribution < -0.4 is 10.6 Å². The van der Waals surface area contributed by atoms with Gasteiger partial charge in [-0.1, -0.05) is 6.07 Å². The Morgan fingerprint density at radius 3 is 2.41 bits per heavy atom. The molecule has 0 aromatic carbocycles. The van der Waals surface area contributed by atoms with Crippen molar-refractivity contribution in [3.8, 4) is 0 Å². The van der Waals surface area contributed by atoms with E-state index >= 15 is 0 Å². The van der Waals surface area contributed by atoms with E-state index in [1.54, 1.807) is 36.3 Å². The highest BCUT2D eigenvalue weighted by Gasteiger charge is 2.26. The molecule has 0 saturated carbocycles. The van der Waals surface area contributed by atoms with Crippen molar-refractivity contribution in [3.63, 3.8) is 0 Å². The number of nitrogens with one attached hydrogen (secondary N) is 2. The van der Waals surface area contributed by atoms with Crippen LogP contribution in [-0.4, -0.2) is 47.8 Å². The number of thiophene rings is 1. The van der Waals surface area contributed by atoms with Gasteiger partial charge in [-0.15, -0.1) is 11.3 Å². The van der Waals surface area contributed by atoms with Gasteiger partial charge in [0.15, 0.2) is 0 Å². The molecule has 120 valence electrons. The van der Waals surface area contributed by atoms with E-state index in [4.69, 9.17) is 0 Å². The molecule has 1 aromatic heterocycles. The predicted octanol–water partition coefficient (Wildman–Crippen LogP) is 0.993. The van der Waals surface area contributed by atoms with Gasteiger partial charge in [0.05, 0.1) is 4.88 Å². The number of rotatable bonds is 5. The molecule has 1 saturated heterocycles. The Labute approximate surface area is 133 Å². The molecule has 6 nitrogen and oxygen atoms in total. The molecule has 0 spiro atoms. The Balaban J connectivity index is 1.82. The molecule has 0 aliphatic carbocycles. The number of likely N-dealkylation sites (tertiary alicyclic amines) is 1. The van der Waals surface area contributed by atoms with Crippen LogP contribution in [0.25, 0.3) is 0 Å². The van der Waals surface area contributed by atoms with Gasteiger partial charge in [-0.2, -0.15) is 0 Å². The van der Waals surface area contributed by atoms with Gasteiger partial charge in [0.2, 0.25) is 11.8 Å². The van der Waals surface area contributed by atoms with Gasteiger partial charge < -0.3 is 15.5 Å². The van der Waals surface area contributed by atoms with Gasteiger partial charge in [0, 0.05) is 13.1 Å². The Morgan fingerprint density at radius 1 is 1.14 bits per heavy atom. The van der Waals surface area contributed by atoms with Gasteiger partial charge >= 0.3 is 0 Å². The third kappa shape index (κ3) is 4.07. The molecule has 2 unspecified atom stereocenters. The minimum absolute atomic E-state index is 0.0670. The van der Waals surface area contributed by atoms with Crippen LogP contribution in [0.5, 0.6) is 0 Å². The van der Waals surface area contributed by atoms with Crippen molar-refractivity contribution in [2.24, 2.45) is 0 Å². The first-order valence-electron chi connectivity index (χ1n) is 7.42. The van der Waals surface area contributed by atoms with E-state index in [0.29, 0.717) is 4.88 Å². The monoisotopic (exact) mass is 323 g/mol. The summed E-state index contributed by atoms with van der Waals surface area (Å²) in [4.78, 5) is 38.4. The second-order valence-electron chi connectivity index (χ2n) is 5.44. The second-order valence-corrected chi connectivity index (χ2v) is 6.38. The van der Waals surface area contributed by atoms with Gasteiger partial charge in [0.25, 0.3) is 5.91 Å². The summed E-state index contributed by atoms with van der Waals surface area (Å²) < 4.78 is 0. The summed E-state index contributed by atoms with van der Waals surface area (Å²) in [5.41, 5.74) is 0. The van der Waals surface area contributed by atoms with E-state index in [-0.39, 0.29) is 17.7 Å². The first kappa shape index (κ1) is 16.5. The van der Waals surface area contributed by atoms with Crippen molar-refractivity contribution < 1.29 is 14.4 Å². The van der Waals surface area contributed by atoms with E-state index in [2.05, 4.69) is 10.6 Å². The minimum atomic E-state index is -0.691. The highest BCUT2D eigenvalue weighted by molar-refractivity contribution is 7.12. The SMILES string of the molecule is CC(NC(=O)c1cccs1)C(=O)NC(C)C(=O)N1CCCC1. The zero-order valence-electron chi connectivity index (χ0n) is 12.8. The quantitative estimate of drug-likeness (QED) is 0.848. The zero-order valence-corrected chi connectivity index (χ0v) is 13.6. The molecule has 2 N–H and O–H groups in total. The van der Waals surface area contributed by atoms with Crippen LogP contribution in [0.3, 0.4) is 0 Å². The van der Waals surface area contributed by atoms with Crippen LogP contribution in [-0.2, 0) is 9.59 Å². The van der Waals surface area contributed by atoms with Gasteiger partial charge in [-0.3, -0.25) is 14.4 Å². The molecule has 0 radical (unpaired) electrons. The lowest BCUT2D eigenvalue weighted by molar-refractivity contribution is -0.135. The van der Waals surface area contributed by atoms with Crippen LogP contribution >= 0.6 is 11.3 Å². The van der Waals surface area contributed by atoms with E-state index in [1.807, 2.05) is 0 Å². The molecule has 1 aliphatic heterocycles. The second kappa shape index (κ2) is 7.40. The largest absolute Gasteiger partial charge is 0.343 e. The summed E-state index contributed by atoms with van der Waals surface area (Å²) in [7, 11) is 0. The van der Waals surface area contributed by atoms with Crippen LogP contribution in [0.15, 0.2) is 17.5 Å². The smallest absolute Gasteiger partial charge is 0.261 e. The molecular formula is C15H21N3O3S. The standard InChI is InChI=1S/C15H21N3O3S/c1-10(16-14(20)12-6-5-9-22-12)13(19)17-11(2)15(21)18-7-3-4-8-18/h5-6,9-11H,3-4,7-8H2,1-2H3,(H,16,20)(H,17,19). The maximum absolute atomic E-state index is 12.1.